The summed E-state index contributed by atoms with van der Waals surface area (Å²) in [5.74, 6) is -2.55. The maximum Gasteiger partial charge on any atom is 0.347 e. The number of ketones is 2. The molecule has 1 fully saturated rings. The second-order valence-electron chi connectivity index (χ2n) is 12.2. The van der Waals surface area contributed by atoms with Gasteiger partial charge in [-0.15, -0.1) is 23.2 Å². The van der Waals surface area contributed by atoms with Crippen LogP contribution < -0.4 is 26.4 Å². The smallest absolute Gasteiger partial charge is 0.347 e. The number of nitrogens with zero attached hydrogens (tertiary/aromatic N) is 5. The molecule has 0 saturated heterocycles. The molecule has 7 rings (SSSR count). The second kappa shape index (κ2) is 11.9. The number of halogens is 4. The topological polar surface area (TPSA) is 157 Å². The summed E-state index contributed by atoms with van der Waals surface area (Å²) < 4.78 is 15.4. The number of hydrogen-bond donors (Lipinski definition) is 1. The SMILES string of the molecule is COc1cc2nc(CCn3c(=O)n4n(c3=O)C3CC5(Cl)C(=O)C(Cl)=C(Cl)C(=O)C5(Cl)C(c5ccccc5O)C3=CC4)c(=O)n(C)c2cc1OC. The zero-order valence-electron chi connectivity index (χ0n) is 26.6. The molecule has 50 heavy (non-hydrogen) atoms. The summed E-state index contributed by atoms with van der Waals surface area (Å²) in [7, 11) is 4.52. The van der Waals surface area contributed by atoms with E-state index in [9.17, 15) is 29.1 Å². The summed E-state index contributed by atoms with van der Waals surface area (Å²) in [6.45, 7) is -0.340. The van der Waals surface area contributed by atoms with Gasteiger partial charge in [0.15, 0.2) is 23.1 Å². The molecular formula is C33H27Cl4N5O8. The average Bonchev–Trinajstić information content (AvgIpc) is 3.36. The predicted octanol–water partition coefficient (Wildman–Crippen LogP) is 3.49. The van der Waals surface area contributed by atoms with Crippen molar-refractivity contribution in [3.05, 3.63) is 101 Å². The van der Waals surface area contributed by atoms with Crippen molar-refractivity contribution in [1.82, 2.24) is 23.5 Å². The molecule has 2 aromatic heterocycles. The summed E-state index contributed by atoms with van der Waals surface area (Å²) in [6, 6.07) is 8.25. The third-order valence-corrected chi connectivity index (χ3v) is 12.1. The Hall–Kier alpha value is -4.30. The highest BCUT2D eigenvalue weighted by Crippen LogP contribution is 2.64. The number of aromatic nitrogens is 5. The van der Waals surface area contributed by atoms with Crippen LogP contribution in [0.2, 0.25) is 0 Å². The van der Waals surface area contributed by atoms with Crippen molar-refractivity contribution >= 4 is 69.0 Å². The van der Waals surface area contributed by atoms with Crippen LogP contribution in [0.1, 0.15) is 29.6 Å². The summed E-state index contributed by atoms with van der Waals surface area (Å²) >= 11 is 26.8. The molecule has 0 bridgehead atoms. The quantitative estimate of drug-likeness (QED) is 0.230. The lowest BCUT2D eigenvalue weighted by atomic mass is 9.59. The minimum atomic E-state index is -2.26. The van der Waals surface area contributed by atoms with Crippen LogP contribution >= 0.6 is 46.4 Å². The standard InChI is InChI=1S/C33H27Cl4N5O8/c1-39-19-13-23(50-3)22(49-2)12-18(19)38-17(29(39)46)9-10-40-30(47)41-11-8-15-20(42(41)31(40)48)14-32(36)27(44)25(34)26(35)28(45)33(32,37)24(15)16-6-4-5-7-21(16)43/h4-8,12-13,20,24,43H,9-11,14H2,1-3H3. The highest BCUT2D eigenvalue weighted by atomic mass is 35.5. The molecule has 1 N–H and O–H groups in total. The van der Waals surface area contributed by atoms with E-state index in [0.29, 0.717) is 28.1 Å². The molecule has 13 nitrogen and oxygen atoms in total. The van der Waals surface area contributed by atoms with E-state index in [0.717, 1.165) is 4.57 Å². The molecule has 3 aliphatic rings. The van der Waals surface area contributed by atoms with Gasteiger partial charge in [-0.3, -0.25) is 14.4 Å². The molecule has 0 spiro atoms. The molecule has 2 aliphatic carbocycles. The van der Waals surface area contributed by atoms with Gasteiger partial charge in [-0.05, 0) is 11.6 Å². The number of aromatic hydroxyl groups is 1. The van der Waals surface area contributed by atoms with Gasteiger partial charge in [0.25, 0.3) is 5.56 Å². The number of ether oxygens (including phenoxy) is 2. The van der Waals surface area contributed by atoms with Crippen molar-refractivity contribution < 1.29 is 24.2 Å². The van der Waals surface area contributed by atoms with E-state index in [1.54, 1.807) is 37.4 Å². The van der Waals surface area contributed by atoms with Crippen LogP contribution in [0.5, 0.6) is 17.2 Å². The summed E-state index contributed by atoms with van der Waals surface area (Å²) in [5.41, 5.74) is -0.342. The van der Waals surface area contributed by atoms with Gasteiger partial charge in [-0.25, -0.2) is 28.5 Å². The van der Waals surface area contributed by atoms with Crippen LogP contribution in [0.15, 0.2) is 72.5 Å². The molecule has 4 unspecified atom stereocenters. The van der Waals surface area contributed by atoms with Crippen LogP contribution in [0.3, 0.4) is 0 Å². The van der Waals surface area contributed by atoms with Crippen LogP contribution in [0.25, 0.3) is 11.0 Å². The highest BCUT2D eigenvalue weighted by Gasteiger charge is 2.71. The summed E-state index contributed by atoms with van der Waals surface area (Å²) in [4.78, 5) is 68.9. The molecule has 4 atom stereocenters. The molecular weight excluding hydrogens is 736 g/mol. The van der Waals surface area contributed by atoms with Gasteiger partial charge >= 0.3 is 11.4 Å². The number of aryl methyl sites for hydroxylation is 2. The Morgan fingerprint density at radius 3 is 2.30 bits per heavy atom. The van der Waals surface area contributed by atoms with Crippen LogP contribution in [-0.2, 0) is 36.1 Å². The fraction of sp³-hybridized carbons (Fsp3) is 0.333. The molecule has 17 heteroatoms. The number of allylic oxidation sites excluding steroid dienone is 4. The zero-order valence-corrected chi connectivity index (χ0v) is 29.6. The third-order valence-electron chi connectivity index (χ3n) is 9.85. The van der Waals surface area contributed by atoms with Crippen LogP contribution in [-0.4, -0.2) is 64.1 Å². The van der Waals surface area contributed by atoms with Crippen molar-refractivity contribution in [2.75, 3.05) is 14.2 Å². The number of phenolic OH excluding ortho intramolecular Hbond substituents is 1. The Kier molecular flexibility index (Phi) is 8.13. The number of hydrogen-bond acceptors (Lipinski definition) is 9. The van der Waals surface area contributed by atoms with Crippen LogP contribution in [0.4, 0.5) is 0 Å². The summed E-state index contributed by atoms with van der Waals surface area (Å²) in [6.07, 6.45) is 1.12. The van der Waals surface area contributed by atoms with Crippen molar-refractivity contribution in [3.8, 4) is 17.2 Å². The lowest BCUT2D eigenvalue weighted by Gasteiger charge is -2.54. The molecule has 0 radical (unpaired) electrons. The maximum atomic E-state index is 14.2. The maximum absolute atomic E-state index is 14.2. The van der Waals surface area contributed by atoms with Gasteiger partial charge in [0.2, 0.25) is 0 Å². The first-order valence-corrected chi connectivity index (χ1v) is 16.8. The van der Waals surface area contributed by atoms with Crippen molar-refractivity contribution in [2.45, 2.75) is 47.6 Å². The highest BCUT2D eigenvalue weighted by molar-refractivity contribution is 6.66. The van der Waals surface area contributed by atoms with Gasteiger partial charge in [0.05, 0.1) is 37.8 Å². The molecule has 3 heterocycles. The number of carbonyl (C=O) groups excluding carboxylic acids is 2. The Morgan fingerprint density at radius 1 is 0.960 bits per heavy atom. The molecule has 1 saturated carbocycles. The number of para-hydroxylation sites is 1. The minimum absolute atomic E-state index is 0.0856. The average molecular weight is 763 g/mol. The number of methoxy groups -OCH3 is 2. The molecule has 1 aliphatic heterocycles. The number of rotatable bonds is 6. The van der Waals surface area contributed by atoms with E-state index in [2.05, 4.69) is 4.98 Å². The third kappa shape index (κ3) is 4.52. The van der Waals surface area contributed by atoms with E-state index in [1.807, 2.05) is 0 Å². The van der Waals surface area contributed by atoms with E-state index < -0.39 is 66.7 Å². The van der Waals surface area contributed by atoms with E-state index >= 15 is 0 Å². The predicted molar refractivity (Wildman–Crippen MR) is 185 cm³/mol. The van der Waals surface area contributed by atoms with Crippen molar-refractivity contribution in [3.63, 3.8) is 0 Å². The molecule has 4 aromatic rings. The Balaban J connectivity index is 1.33. The summed E-state index contributed by atoms with van der Waals surface area (Å²) in [5, 5.41) is 9.78. The van der Waals surface area contributed by atoms with Gasteiger partial charge in [0, 0.05) is 50.0 Å². The number of benzene rings is 2. The normalized spacial score (nSPS) is 24.5. The molecule has 260 valence electrons. The Labute approximate surface area is 302 Å². The van der Waals surface area contributed by atoms with E-state index in [4.69, 9.17) is 55.9 Å². The number of Topliss-reactive ketones (excluding diaryl/α,β-unsaturated/α-hetero) is 2. The monoisotopic (exact) mass is 761 g/mol. The first-order chi connectivity index (χ1) is 23.7. The zero-order chi connectivity index (χ0) is 36.0. The van der Waals surface area contributed by atoms with Gasteiger partial charge < -0.3 is 19.1 Å². The Morgan fingerprint density at radius 2 is 1.62 bits per heavy atom. The molecule has 0 amide bonds. The lowest BCUT2D eigenvalue weighted by Crippen LogP contribution is -2.67. The minimum Gasteiger partial charge on any atom is -0.508 e. The number of phenols is 1. The second-order valence-corrected chi connectivity index (χ2v) is 14.2. The fourth-order valence-corrected chi connectivity index (χ4v) is 8.89. The molecule has 2 aromatic carbocycles. The van der Waals surface area contributed by atoms with Crippen molar-refractivity contribution in [2.24, 2.45) is 7.05 Å². The van der Waals surface area contributed by atoms with Crippen molar-refractivity contribution in [1.29, 1.82) is 0 Å². The lowest BCUT2D eigenvalue weighted by molar-refractivity contribution is -0.128. The number of alkyl halides is 2. The number of fused-ring (bicyclic) bond motifs is 5. The van der Waals surface area contributed by atoms with Gasteiger partial charge in [-0.1, -0.05) is 47.5 Å². The first-order valence-electron chi connectivity index (χ1n) is 15.3. The van der Waals surface area contributed by atoms with Gasteiger partial charge in [0.1, 0.15) is 31.3 Å². The Bertz CT molecular complexity index is 2430. The van der Waals surface area contributed by atoms with E-state index in [-0.39, 0.29) is 36.5 Å². The number of carbonyl (C=O) groups is 2. The largest absolute Gasteiger partial charge is 0.508 e. The first kappa shape index (κ1) is 34.2. The van der Waals surface area contributed by atoms with Crippen LogP contribution in [0, 0.1) is 0 Å². The fourth-order valence-electron chi connectivity index (χ4n) is 7.38. The van der Waals surface area contributed by atoms with Gasteiger partial charge in [-0.2, -0.15) is 0 Å². The van der Waals surface area contributed by atoms with E-state index in [1.165, 1.54) is 40.3 Å².